The fraction of sp³-hybridized carbons (Fsp3) is 0.0909. The van der Waals surface area contributed by atoms with Crippen LogP contribution in [0.3, 0.4) is 0 Å². The van der Waals surface area contributed by atoms with Crippen molar-refractivity contribution in [2.75, 3.05) is 5.32 Å². The number of hydrogen-bond donors (Lipinski definition) is 2. The molecule has 0 fully saturated rings. The summed E-state index contributed by atoms with van der Waals surface area (Å²) in [6, 6.07) is 6.34. The Morgan fingerprint density at radius 2 is 2.17 bits per heavy atom. The maximum atomic E-state index is 11.3. The average molecular weight is 246 g/mol. The molecule has 18 heavy (non-hydrogen) atoms. The molecular weight excluding hydrogens is 236 g/mol. The maximum Gasteiger partial charge on any atom is 0.290 e. The summed E-state index contributed by atoms with van der Waals surface area (Å²) < 4.78 is 0. The first-order valence-corrected chi connectivity index (χ1v) is 5.18. The molecule has 7 heteroatoms. The number of nitrogens with zero attached hydrogens (tertiary/aromatic N) is 2. The van der Waals surface area contributed by atoms with Crippen molar-refractivity contribution in [2.24, 2.45) is 0 Å². The molecule has 2 aromatic rings. The zero-order valence-electron chi connectivity index (χ0n) is 9.29. The fourth-order valence-corrected chi connectivity index (χ4v) is 1.50. The molecule has 0 saturated carbocycles. The molecule has 0 amide bonds. The summed E-state index contributed by atoms with van der Waals surface area (Å²) in [5.41, 5.74) is 0.140. The van der Waals surface area contributed by atoms with Gasteiger partial charge in [0.05, 0.1) is 4.92 Å². The number of nitrogens with one attached hydrogen (secondary N) is 2. The Hall–Kier alpha value is -2.70. The van der Waals surface area contributed by atoms with Crippen LogP contribution in [0, 0.1) is 10.1 Å². The van der Waals surface area contributed by atoms with Crippen LogP contribution in [0.1, 0.15) is 5.56 Å². The number of anilines is 1. The van der Waals surface area contributed by atoms with E-state index in [-0.39, 0.29) is 23.6 Å². The summed E-state index contributed by atoms with van der Waals surface area (Å²) in [5, 5.41) is 13.6. The molecule has 1 aromatic heterocycles. The minimum absolute atomic E-state index is 0.0114. The molecule has 0 unspecified atom stereocenters. The van der Waals surface area contributed by atoms with E-state index < -0.39 is 4.92 Å². The van der Waals surface area contributed by atoms with Gasteiger partial charge in [-0.25, -0.2) is 4.98 Å². The van der Waals surface area contributed by atoms with Gasteiger partial charge in [0.2, 0.25) is 0 Å². The van der Waals surface area contributed by atoms with Crippen LogP contribution in [0.4, 0.5) is 11.5 Å². The number of nitro benzene ring substituents is 1. The van der Waals surface area contributed by atoms with Gasteiger partial charge >= 0.3 is 0 Å². The Labute approximate surface area is 102 Å². The second-order valence-corrected chi connectivity index (χ2v) is 3.51. The van der Waals surface area contributed by atoms with E-state index in [0.29, 0.717) is 5.56 Å². The third kappa shape index (κ3) is 2.51. The van der Waals surface area contributed by atoms with Crippen molar-refractivity contribution in [1.82, 2.24) is 9.97 Å². The fourth-order valence-electron chi connectivity index (χ4n) is 1.50. The number of aromatic nitrogens is 2. The quantitative estimate of drug-likeness (QED) is 0.625. The van der Waals surface area contributed by atoms with E-state index in [0.717, 1.165) is 0 Å². The van der Waals surface area contributed by atoms with Crippen molar-refractivity contribution in [3.05, 3.63) is 62.7 Å². The van der Waals surface area contributed by atoms with E-state index in [1.165, 1.54) is 18.5 Å². The normalized spacial score (nSPS) is 10.0. The molecule has 2 N–H and O–H groups in total. The van der Waals surface area contributed by atoms with Crippen molar-refractivity contribution in [1.29, 1.82) is 0 Å². The van der Waals surface area contributed by atoms with Gasteiger partial charge in [-0.15, -0.1) is 0 Å². The summed E-state index contributed by atoms with van der Waals surface area (Å²) in [7, 11) is 0. The Kier molecular flexibility index (Phi) is 3.33. The van der Waals surface area contributed by atoms with Crippen LogP contribution in [0.15, 0.2) is 41.5 Å². The first-order valence-electron chi connectivity index (χ1n) is 5.18. The lowest BCUT2D eigenvalue weighted by Crippen LogP contribution is -2.15. The Bertz CT molecular complexity index is 623. The summed E-state index contributed by atoms with van der Waals surface area (Å²) in [6.07, 6.45) is 2.85. The van der Waals surface area contributed by atoms with Gasteiger partial charge in [-0.1, -0.05) is 18.2 Å². The van der Waals surface area contributed by atoms with E-state index in [9.17, 15) is 14.9 Å². The SMILES string of the molecule is O=c1[nH]ccnc1NCc1ccccc1[N+](=O)[O-]. The summed E-state index contributed by atoms with van der Waals surface area (Å²) >= 11 is 0. The van der Waals surface area contributed by atoms with Gasteiger partial charge < -0.3 is 10.3 Å². The first-order chi connectivity index (χ1) is 8.68. The van der Waals surface area contributed by atoms with E-state index >= 15 is 0 Å². The molecule has 92 valence electrons. The molecule has 1 aromatic carbocycles. The molecule has 0 spiro atoms. The number of para-hydroxylation sites is 1. The molecule has 0 saturated heterocycles. The van der Waals surface area contributed by atoms with Gasteiger partial charge in [0.25, 0.3) is 11.2 Å². The molecule has 0 aliphatic rings. The van der Waals surface area contributed by atoms with Crippen molar-refractivity contribution >= 4 is 11.5 Å². The van der Waals surface area contributed by atoms with E-state index in [4.69, 9.17) is 0 Å². The predicted octanol–water partition coefficient (Wildman–Crippen LogP) is 1.29. The number of aromatic amines is 1. The van der Waals surface area contributed by atoms with Gasteiger partial charge in [0.15, 0.2) is 5.82 Å². The van der Waals surface area contributed by atoms with Gasteiger partial charge in [-0.05, 0) is 0 Å². The van der Waals surface area contributed by atoms with Crippen molar-refractivity contribution in [3.8, 4) is 0 Å². The van der Waals surface area contributed by atoms with Gasteiger partial charge in [-0.3, -0.25) is 14.9 Å². The van der Waals surface area contributed by atoms with Gasteiger partial charge in [0.1, 0.15) is 0 Å². The Morgan fingerprint density at radius 3 is 2.89 bits per heavy atom. The minimum atomic E-state index is -0.459. The van der Waals surface area contributed by atoms with E-state index in [1.54, 1.807) is 18.2 Å². The monoisotopic (exact) mass is 246 g/mol. The van der Waals surface area contributed by atoms with Crippen LogP contribution in [0.2, 0.25) is 0 Å². The lowest BCUT2D eigenvalue weighted by Gasteiger charge is -2.04. The maximum absolute atomic E-state index is 11.3. The van der Waals surface area contributed by atoms with Crippen LogP contribution in [0.25, 0.3) is 0 Å². The van der Waals surface area contributed by atoms with E-state index in [1.807, 2.05) is 0 Å². The molecule has 0 aliphatic carbocycles. The van der Waals surface area contributed by atoms with Crippen LogP contribution < -0.4 is 10.9 Å². The molecule has 2 rings (SSSR count). The van der Waals surface area contributed by atoms with Crippen LogP contribution in [-0.2, 0) is 6.54 Å². The average Bonchev–Trinajstić information content (AvgIpc) is 2.38. The second-order valence-electron chi connectivity index (χ2n) is 3.51. The molecule has 0 aliphatic heterocycles. The molecule has 7 nitrogen and oxygen atoms in total. The lowest BCUT2D eigenvalue weighted by molar-refractivity contribution is -0.385. The highest BCUT2D eigenvalue weighted by atomic mass is 16.6. The standard InChI is InChI=1S/C11H10N4O3/c16-11-10(12-5-6-13-11)14-7-8-3-1-2-4-9(8)15(17)18/h1-6H,7H2,(H,12,14)(H,13,16). The van der Waals surface area contributed by atoms with Crippen LogP contribution >= 0.6 is 0 Å². The molecular formula is C11H10N4O3. The highest BCUT2D eigenvalue weighted by Crippen LogP contribution is 2.17. The highest BCUT2D eigenvalue weighted by Gasteiger charge is 2.12. The van der Waals surface area contributed by atoms with Gasteiger partial charge in [-0.2, -0.15) is 0 Å². The first kappa shape index (κ1) is 11.8. The third-order valence-corrected chi connectivity index (χ3v) is 2.34. The topological polar surface area (TPSA) is 101 Å². The number of H-pyrrole nitrogens is 1. The van der Waals surface area contributed by atoms with Crippen molar-refractivity contribution < 1.29 is 4.92 Å². The van der Waals surface area contributed by atoms with Gasteiger partial charge in [0, 0.05) is 30.6 Å². The summed E-state index contributed by atoms with van der Waals surface area (Å²) in [4.78, 5) is 28.0. The van der Waals surface area contributed by atoms with Crippen LogP contribution in [-0.4, -0.2) is 14.9 Å². The largest absolute Gasteiger partial charge is 0.361 e. The Morgan fingerprint density at radius 1 is 1.39 bits per heavy atom. The number of rotatable bonds is 4. The number of benzene rings is 1. The van der Waals surface area contributed by atoms with Crippen molar-refractivity contribution in [3.63, 3.8) is 0 Å². The molecule has 1 heterocycles. The third-order valence-electron chi connectivity index (χ3n) is 2.34. The zero-order valence-corrected chi connectivity index (χ0v) is 9.29. The second kappa shape index (κ2) is 5.09. The zero-order chi connectivity index (χ0) is 13.0. The summed E-state index contributed by atoms with van der Waals surface area (Å²) in [6.45, 7) is 0.164. The van der Waals surface area contributed by atoms with Crippen molar-refractivity contribution in [2.45, 2.75) is 6.54 Å². The Balaban J connectivity index is 2.19. The predicted molar refractivity (Wildman–Crippen MR) is 65.3 cm³/mol. The number of hydrogen-bond acceptors (Lipinski definition) is 5. The highest BCUT2D eigenvalue weighted by molar-refractivity contribution is 5.42. The molecule has 0 radical (unpaired) electrons. The molecule has 0 bridgehead atoms. The van der Waals surface area contributed by atoms with E-state index in [2.05, 4.69) is 15.3 Å². The van der Waals surface area contributed by atoms with Crippen LogP contribution in [0.5, 0.6) is 0 Å². The number of nitro groups is 1. The smallest absolute Gasteiger partial charge is 0.290 e. The minimum Gasteiger partial charge on any atom is -0.361 e. The lowest BCUT2D eigenvalue weighted by atomic mass is 10.2. The molecule has 0 atom stereocenters. The summed E-state index contributed by atoms with van der Waals surface area (Å²) in [5.74, 6) is 0.135.